The van der Waals surface area contributed by atoms with Gasteiger partial charge in [0.25, 0.3) is 0 Å². The van der Waals surface area contributed by atoms with E-state index in [0.29, 0.717) is 28.7 Å². The molecule has 9 nitrogen and oxygen atoms in total. The molecule has 2 heterocycles. The number of rotatable bonds is 5. The SMILES string of the molecule is COC(=O)c1cccc(NC(=S)N[C@H]2CO[C@H]3[C@@H]2OC[C@H]3OC(=O)Nc2cccc3ccccc23)c1. The molecule has 36 heavy (non-hydrogen) atoms. The number of ether oxygens (including phenoxy) is 4. The molecule has 2 aliphatic heterocycles. The van der Waals surface area contributed by atoms with Crippen LogP contribution in [0.3, 0.4) is 0 Å². The second-order valence-electron chi connectivity index (χ2n) is 8.47. The van der Waals surface area contributed by atoms with Crippen molar-refractivity contribution in [1.82, 2.24) is 5.32 Å². The van der Waals surface area contributed by atoms with Gasteiger partial charge in [-0.3, -0.25) is 5.32 Å². The van der Waals surface area contributed by atoms with Crippen molar-refractivity contribution in [3.63, 3.8) is 0 Å². The quantitative estimate of drug-likeness (QED) is 0.352. The average molecular weight is 508 g/mol. The molecular weight excluding hydrogens is 482 g/mol. The Morgan fingerprint density at radius 1 is 0.944 bits per heavy atom. The molecular formula is C26H25N3O6S. The zero-order valence-corrected chi connectivity index (χ0v) is 20.2. The third kappa shape index (κ3) is 5.11. The smallest absolute Gasteiger partial charge is 0.412 e. The summed E-state index contributed by atoms with van der Waals surface area (Å²) in [6.45, 7) is 0.558. The Kier molecular flexibility index (Phi) is 6.99. The van der Waals surface area contributed by atoms with Crippen LogP contribution in [-0.4, -0.2) is 61.9 Å². The molecule has 0 aliphatic carbocycles. The molecule has 0 aromatic heterocycles. The molecule has 2 saturated heterocycles. The summed E-state index contributed by atoms with van der Waals surface area (Å²) in [6, 6.07) is 20.1. The minimum absolute atomic E-state index is 0.220. The third-order valence-electron chi connectivity index (χ3n) is 6.15. The lowest BCUT2D eigenvalue weighted by Gasteiger charge is -2.20. The molecule has 3 N–H and O–H groups in total. The number of anilines is 2. The Morgan fingerprint density at radius 2 is 1.72 bits per heavy atom. The van der Waals surface area contributed by atoms with Gasteiger partial charge in [0.1, 0.15) is 12.2 Å². The second-order valence-corrected chi connectivity index (χ2v) is 8.88. The third-order valence-corrected chi connectivity index (χ3v) is 6.37. The number of thiocarbonyl (C=S) groups is 1. The van der Waals surface area contributed by atoms with Crippen molar-refractivity contribution in [2.75, 3.05) is 31.0 Å². The van der Waals surface area contributed by atoms with Crippen LogP contribution in [0.2, 0.25) is 0 Å². The number of fused-ring (bicyclic) bond motifs is 2. The minimum atomic E-state index is -0.566. The summed E-state index contributed by atoms with van der Waals surface area (Å²) < 4.78 is 22.2. The Morgan fingerprint density at radius 3 is 2.58 bits per heavy atom. The van der Waals surface area contributed by atoms with Crippen LogP contribution < -0.4 is 16.0 Å². The van der Waals surface area contributed by atoms with Gasteiger partial charge in [0.15, 0.2) is 11.2 Å². The van der Waals surface area contributed by atoms with Crippen LogP contribution in [0.15, 0.2) is 66.7 Å². The molecule has 0 bridgehead atoms. The van der Waals surface area contributed by atoms with E-state index >= 15 is 0 Å². The fraction of sp³-hybridized carbons (Fsp3) is 0.269. The summed E-state index contributed by atoms with van der Waals surface area (Å²) in [6.07, 6.45) is -1.86. The summed E-state index contributed by atoms with van der Waals surface area (Å²) >= 11 is 5.44. The predicted octanol–water partition coefficient (Wildman–Crippen LogP) is 3.70. The maximum absolute atomic E-state index is 12.6. The second kappa shape index (κ2) is 10.5. The van der Waals surface area contributed by atoms with Crippen LogP contribution in [0.4, 0.5) is 16.2 Å². The highest BCUT2D eigenvalue weighted by atomic mass is 32.1. The molecule has 10 heteroatoms. The molecule has 0 spiro atoms. The van der Waals surface area contributed by atoms with Gasteiger partial charge < -0.3 is 29.6 Å². The topological polar surface area (TPSA) is 107 Å². The van der Waals surface area contributed by atoms with Crippen LogP contribution in [0.25, 0.3) is 10.8 Å². The van der Waals surface area contributed by atoms with Gasteiger partial charge >= 0.3 is 12.1 Å². The highest BCUT2D eigenvalue weighted by Crippen LogP contribution is 2.30. The van der Waals surface area contributed by atoms with Crippen LogP contribution >= 0.6 is 12.2 Å². The van der Waals surface area contributed by atoms with Crippen molar-refractivity contribution < 1.29 is 28.5 Å². The van der Waals surface area contributed by atoms with Gasteiger partial charge in [0.05, 0.1) is 37.6 Å². The highest BCUT2D eigenvalue weighted by molar-refractivity contribution is 7.80. The summed E-state index contributed by atoms with van der Waals surface area (Å²) in [4.78, 5) is 24.4. The van der Waals surface area contributed by atoms with Gasteiger partial charge in [-0.25, -0.2) is 9.59 Å². The van der Waals surface area contributed by atoms with Crippen molar-refractivity contribution in [3.05, 3.63) is 72.3 Å². The van der Waals surface area contributed by atoms with Crippen molar-refractivity contribution in [1.29, 1.82) is 0 Å². The monoisotopic (exact) mass is 507 g/mol. The van der Waals surface area contributed by atoms with E-state index in [9.17, 15) is 9.59 Å². The molecule has 5 rings (SSSR count). The first-order valence-electron chi connectivity index (χ1n) is 11.5. The summed E-state index contributed by atoms with van der Waals surface area (Å²) in [5.74, 6) is -0.431. The van der Waals surface area contributed by atoms with E-state index in [1.54, 1.807) is 24.3 Å². The van der Waals surface area contributed by atoms with E-state index in [2.05, 4.69) is 16.0 Å². The first kappa shape index (κ1) is 24.0. The summed E-state index contributed by atoms with van der Waals surface area (Å²) in [5, 5.41) is 11.4. The molecule has 3 aromatic rings. The van der Waals surface area contributed by atoms with Gasteiger partial charge in [-0.1, -0.05) is 42.5 Å². The highest BCUT2D eigenvalue weighted by Gasteiger charge is 2.49. The van der Waals surface area contributed by atoms with Crippen molar-refractivity contribution in [2.45, 2.75) is 24.4 Å². The van der Waals surface area contributed by atoms with Crippen LogP contribution in [0, 0.1) is 0 Å². The molecule has 1 amide bonds. The van der Waals surface area contributed by atoms with E-state index in [4.69, 9.17) is 31.2 Å². The van der Waals surface area contributed by atoms with Gasteiger partial charge in [-0.05, 0) is 41.9 Å². The lowest BCUT2D eigenvalue weighted by molar-refractivity contribution is 0.00881. The van der Waals surface area contributed by atoms with Gasteiger partial charge in [0.2, 0.25) is 0 Å². The fourth-order valence-electron chi connectivity index (χ4n) is 4.48. The lowest BCUT2D eigenvalue weighted by atomic mass is 10.1. The molecule has 0 unspecified atom stereocenters. The number of hydrogen-bond donors (Lipinski definition) is 3. The summed E-state index contributed by atoms with van der Waals surface area (Å²) in [7, 11) is 1.33. The number of benzene rings is 3. The number of esters is 1. The van der Waals surface area contributed by atoms with Crippen molar-refractivity contribution >= 4 is 51.5 Å². The molecule has 2 fully saturated rings. The van der Waals surface area contributed by atoms with E-state index in [1.165, 1.54) is 7.11 Å². The van der Waals surface area contributed by atoms with E-state index in [0.717, 1.165) is 10.8 Å². The van der Waals surface area contributed by atoms with Crippen molar-refractivity contribution in [3.8, 4) is 0 Å². The van der Waals surface area contributed by atoms with Crippen LogP contribution in [0.1, 0.15) is 10.4 Å². The minimum Gasteiger partial charge on any atom is -0.465 e. The number of nitrogens with one attached hydrogen (secondary N) is 3. The Hall–Kier alpha value is -3.73. The van der Waals surface area contributed by atoms with E-state index in [1.807, 2.05) is 42.5 Å². The zero-order valence-electron chi connectivity index (χ0n) is 19.4. The average Bonchev–Trinajstić information content (AvgIpc) is 3.47. The van der Waals surface area contributed by atoms with Gasteiger partial charge in [-0.2, -0.15) is 0 Å². The fourth-order valence-corrected chi connectivity index (χ4v) is 4.75. The van der Waals surface area contributed by atoms with E-state index in [-0.39, 0.29) is 18.8 Å². The first-order chi connectivity index (χ1) is 17.5. The molecule has 2 aliphatic rings. The molecule has 4 atom stereocenters. The standard InChI is InChI=1S/C26H25N3O6S/c1-32-24(30)16-8-4-9-17(12-16)27-25(36)28-20-13-33-23-21(14-34-22(20)23)35-26(31)29-19-11-5-7-15-6-2-3-10-18(15)19/h2-12,20-23H,13-14H2,1H3,(H,29,31)(H2,27,28,36)/t20-,21+,22+,23+/m0/s1. The van der Waals surface area contributed by atoms with Crippen LogP contribution in [-0.2, 0) is 18.9 Å². The number of methoxy groups -OCH3 is 1. The van der Waals surface area contributed by atoms with Gasteiger partial charge in [0, 0.05) is 11.1 Å². The zero-order chi connectivity index (χ0) is 25.1. The molecule has 3 aromatic carbocycles. The van der Waals surface area contributed by atoms with Crippen molar-refractivity contribution in [2.24, 2.45) is 0 Å². The Balaban J connectivity index is 1.15. The number of carbonyl (C=O) groups excluding carboxylic acids is 2. The largest absolute Gasteiger partial charge is 0.465 e. The lowest BCUT2D eigenvalue weighted by Crippen LogP contribution is -2.46. The van der Waals surface area contributed by atoms with Gasteiger partial charge in [-0.15, -0.1) is 0 Å². The summed E-state index contributed by atoms with van der Waals surface area (Å²) in [5.41, 5.74) is 1.73. The number of hydrogen-bond acceptors (Lipinski definition) is 7. The number of carbonyl (C=O) groups is 2. The molecule has 186 valence electrons. The molecule has 0 radical (unpaired) electrons. The maximum atomic E-state index is 12.6. The first-order valence-corrected chi connectivity index (χ1v) is 11.9. The maximum Gasteiger partial charge on any atom is 0.412 e. The van der Waals surface area contributed by atoms with Crippen LogP contribution in [0.5, 0.6) is 0 Å². The molecule has 0 saturated carbocycles. The Labute approximate surface area is 213 Å². The Bertz CT molecular complexity index is 1300. The van der Waals surface area contributed by atoms with E-state index < -0.39 is 24.3 Å². The number of amides is 1. The normalized spacial score (nSPS) is 22.5. The predicted molar refractivity (Wildman–Crippen MR) is 138 cm³/mol.